The Kier molecular flexibility index (Phi) is 5.06. The molecule has 0 aromatic heterocycles. The molecule has 0 saturated carbocycles. The zero-order valence-electron chi connectivity index (χ0n) is 12.4. The van der Waals surface area contributed by atoms with Crippen molar-refractivity contribution in [3.05, 3.63) is 34.9 Å². The molecule has 1 heterocycles. The summed E-state index contributed by atoms with van der Waals surface area (Å²) in [4.78, 5) is 14.6. The molecule has 20 heavy (non-hydrogen) atoms. The third kappa shape index (κ3) is 3.74. The van der Waals surface area contributed by atoms with Crippen molar-refractivity contribution in [3.63, 3.8) is 0 Å². The SMILES string of the molecule is CC(C)CC1CN(C(=O)c2ccc(Cl)cc2)C(C)CN1. The minimum atomic E-state index is 0.101. The highest BCUT2D eigenvalue weighted by Crippen LogP contribution is 2.17. The lowest BCUT2D eigenvalue weighted by Crippen LogP contribution is -2.57. The molecule has 2 unspecified atom stereocenters. The van der Waals surface area contributed by atoms with E-state index in [-0.39, 0.29) is 11.9 Å². The van der Waals surface area contributed by atoms with Crippen LogP contribution in [0.15, 0.2) is 24.3 Å². The largest absolute Gasteiger partial charge is 0.333 e. The molecule has 0 radical (unpaired) electrons. The van der Waals surface area contributed by atoms with Gasteiger partial charge >= 0.3 is 0 Å². The molecule has 4 heteroatoms. The van der Waals surface area contributed by atoms with Crippen LogP contribution in [0.25, 0.3) is 0 Å². The molecule has 2 atom stereocenters. The van der Waals surface area contributed by atoms with Crippen molar-refractivity contribution in [2.24, 2.45) is 5.92 Å². The molecule has 1 N–H and O–H groups in total. The number of amides is 1. The van der Waals surface area contributed by atoms with E-state index in [0.29, 0.717) is 22.5 Å². The van der Waals surface area contributed by atoms with Crippen LogP contribution in [0.3, 0.4) is 0 Å². The molecule has 1 fully saturated rings. The summed E-state index contributed by atoms with van der Waals surface area (Å²) in [5.41, 5.74) is 0.714. The van der Waals surface area contributed by atoms with Gasteiger partial charge in [-0.3, -0.25) is 4.79 Å². The number of carbonyl (C=O) groups is 1. The number of nitrogens with zero attached hydrogens (tertiary/aromatic N) is 1. The number of benzene rings is 1. The zero-order chi connectivity index (χ0) is 14.7. The smallest absolute Gasteiger partial charge is 0.254 e. The summed E-state index contributed by atoms with van der Waals surface area (Å²) in [6.45, 7) is 8.15. The van der Waals surface area contributed by atoms with Crippen LogP contribution in [0.2, 0.25) is 5.02 Å². The van der Waals surface area contributed by atoms with Crippen molar-refractivity contribution in [2.75, 3.05) is 13.1 Å². The number of halogens is 1. The van der Waals surface area contributed by atoms with Gasteiger partial charge in [-0.25, -0.2) is 0 Å². The van der Waals surface area contributed by atoms with E-state index in [1.54, 1.807) is 24.3 Å². The van der Waals surface area contributed by atoms with Crippen molar-refractivity contribution in [2.45, 2.75) is 39.3 Å². The third-order valence-corrected chi connectivity index (χ3v) is 4.01. The van der Waals surface area contributed by atoms with Crippen LogP contribution in [0.4, 0.5) is 0 Å². The van der Waals surface area contributed by atoms with Gasteiger partial charge in [0.05, 0.1) is 0 Å². The molecule has 1 aromatic carbocycles. The van der Waals surface area contributed by atoms with Crippen molar-refractivity contribution in [3.8, 4) is 0 Å². The highest BCUT2D eigenvalue weighted by Gasteiger charge is 2.29. The van der Waals surface area contributed by atoms with E-state index in [4.69, 9.17) is 11.6 Å². The first-order valence-electron chi connectivity index (χ1n) is 7.27. The summed E-state index contributed by atoms with van der Waals surface area (Å²) in [6.07, 6.45) is 1.09. The quantitative estimate of drug-likeness (QED) is 0.928. The van der Waals surface area contributed by atoms with Crippen LogP contribution >= 0.6 is 11.6 Å². The molecule has 0 spiro atoms. The number of hydrogen-bond acceptors (Lipinski definition) is 2. The zero-order valence-corrected chi connectivity index (χ0v) is 13.2. The molecular formula is C16H23ClN2O. The first-order valence-corrected chi connectivity index (χ1v) is 7.65. The van der Waals surface area contributed by atoms with E-state index in [0.717, 1.165) is 19.5 Å². The van der Waals surface area contributed by atoms with E-state index in [1.807, 2.05) is 4.90 Å². The summed E-state index contributed by atoms with van der Waals surface area (Å²) in [6, 6.07) is 7.76. The molecule has 1 saturated heterocycles. The number of hydrogen-bond donors (Lipinski definition) is 1. The van der Waals surface area contributed by atoms with E-state index < -0.39 is 0 Å². The second kappa shape index (κ2) is 6.59. The Labute approximate surface area is 126 Å². The first kappa shape index (κ1) is 15.3. The molecule has 1 aliphatic rings. The van der Waals surface area contributed by atoms with Gasteiger partial charge in [0.1, 0.15) is 0 Å². The summed E-state index contributed by atoms with van der Waals surface area (Å²) >= 11 is 5.88. The average molecular weight is 295 g/mol. The standard InChI is InChI=1S/C16H23ClN2O/c1-11(2)8-15-10-19(12(3)9-18-15)16(20)13-4-6-14(17)7-5-13/h4-7,11-12,15,18H,8-10H2,1-3H3. The molecule has 1 aliphatic heterocycles. The summed E-state index contributed by atoms with van der Waals surface area (Å²) in [7, 11) is 0. The summed E-state index contributed by atoms with van der Waals surface area (Å²) in [5, 5.41) is 4.19. The molecule has 2 rings (SSSR count). The van der Waals surface area contributed by atoms with E-state index in [2.05, 4.69) is 26.1 Å². The Morgan fingerprint density at radius 1 is 1.40 bits per heavy atom. The maximum Gasteiger partial charge on any atom is 0.254 e. The predicted molar refractivity (Wildman–Crippen MR) is 83.2 cm³/mol. The fraction of sp³-hybridized carbons (Fsp3) is 0.562. The van der Waals surface area contributed by atoms with Crippen molar-refractivity contribution < 1.29 is 4.79 Å². The van der Waals surface area contributed by atoms with Gasteiger partial charge in [0, 0.05) is 35.8 Å². The minimum absolute atomic E-state index is 0.101. The van der Waals surface area contributed by atoms with Gasteiger partial charge in [0.15, 0.2) is 0 Å². The van der Waals surface area contributed by atoms with Crippen LogP contribution in [0.1, 0.15) is 37.6 Å². The van der Waals surface area contributed by atoms with Crippen LogP contribution in [-0.4, -0.2) is 36.0 Å². The second-order valence-corrected chi connectivity index (χ2v) is 6.48. The number of nitrogens with one attached hydrogen (secondary N) is 1. The topological polar surface area (TPSA) is 32.3 Å². The first-order chi connectivity index (χ1) is 9.47. The Hall–Kier alpha value is -1.06. The van der Waals surface area contributed by atoms with Gasteiger partial charge in [-0.15, -0.1) is 0 Å². The highest BCUT2D eigenvalue weighted by atomic mass is 35.5. The van der Waals surface area contributed by atoms with Crippen LogP contribution in [0.5, 0.6) is 0 Å². The summed E-state index contributed by atoms with van der Waals surface area (Å²) in [5.74, 6) is 0.734. The maximum absolute atomic E-state index is 12.6. The predicted octanol–water partition coefficient (Wildman–Crippen LogP) is 3.19. The van der Waals surface area contributed by atoms with Gasteiger partial charge in [0.2, 0.25) is 0 Å². The van der Waals surface area contributed by atoms with Crippen molar-refractivity contribution in [1.82, 2.24) is 10.2 Å². The van der Waals surface area contributed by atoms with Crippen LogP contribution < -0.4 is 5.32 Å². The Balaban J connectivity index is 2.08. The Bertz CT molecular complexity index is 458. The normalized spacial score (nSPS) is 23.1. The minimum Gasteiger partial charge on any atom is -0.333 e. The third-order valence-electron chi connectivity index (χ3n) is 3.76. The Morgan fingerprint density at radius 3 is 2.65 bits per heavy atom. The van der Waals surface area contributed by atoms with E-state index >= 15 is 0 Å². The average Bonchev–Trinajstić information content (AvgIpc) is 2.40. The monoisotopic (exact) mass is 294 g/mol. The fourth-order valence-electron chi connectivity index (χ4n) is 2.70. The number of rotatable bonds is 3. The van der Waals surface area contributed by atoms with Gasteiger partial charge < -0.3 is 10.2 Å². The van der Waals surface area contributed by atoms with Crippen molar-refractivity contribution in [1.29, 1.82) is 0 Å². The molecule has 3 nitrogen and oxygen atoms in total. The number of carbonyl (C=O) groups excluding carboxylic acids is 1. The molecular weight excluding hydrogens is 272 g/mol. The summed E-state index contributed by atoms with van der Waals surface area (Å²) < 4.78 is 0. The molecule has 0 bridgehead atoms. The van der Waals surface area contributed by atoms with E-state index in [9.17, 15) is 4.79 Å². The van der Waals surface area contributed by atoms with Gasteiger partial charge in [-0.05, 0) is 43.5 Å². The molecule has 1 aromatic rings. The molecule has 1 amide bonds. The highest BCUT2D eigenvalue weighted by molar-refractivity contribution is 6.30. The van der Waals surface area contributed by atoms with Crippen LogP contribution in [0, 0.1) is 5.92 Å². The van der Waals surface area contributed by atoms with Crippen LogP contribution in [-0.2, 0) is 0 Å². The molecule has 110 valence electrons. The van der Waals surface area contributed by atoms with Crippen molar-refractivity contribution >= 4 is 17.5 Å². The fourth-order valence-corrected chi connectivity index (χ4v) is 2.82. The Morgan fingerprint density at radius 2 is 2.05 bits per heavy atom. The lowest BCUT2D eigenvalue weighted by atomic mass is 9.99. The number of piperazine rings is 1. The van der Waals surface area contributed by atoms with Gasteiger partial charge in [0.25, 0.3) is 5.91 Å². The maximum atomic E-state index is 12.6. The second-order valence-electron chi connectivity index (χ2n) is 6.05. The van der Waals surface area contributed by atoms with E-state index in [1.165, 1.54) is 0 Å². The lowest BCUT2D eigenvalue weighted by molar-refractivity contribution is 0.0595. The van der Waals surface area contributed by atoms with Gasteiger partial charge in [-0.2, -0.15) is 0 Å². The van der Waals surface area contributed by atoms with Gasteiger partial charge in [-0.1, -0.05) is 25.4 Å². The molecule has 0 aliphatic carbocycles. The lowest BCUT2D eigenvalue weighted by Gasteiger charge is -2.39.